The van der Waals surface area contributed by atoms with E-state index < -0.39 is 10.8 Å². The molecule has 1 aromatic carbocycles. The number of hydrogen-bond donors (Lipinski definition) is 1. The van der Waals surface area contributed by atoms with E-state index in [0.29, 0.717) is 0 Å². The molecule has 0 saturated heterocycles. The second-order valence-corrected chi connectivity index (χ2v) is 2.75. The molecule has 0 heterocycles. The average Bonchev–Trinajstić information content (AvgIpc) is 2.25. The zero-order valence-electron chi connectivity index (χ0n) is 7.93. The third kappa shape index (κ3) is 2.56. The van der Waals surface area contributed by atoms with Gasteiger partial charge >= 0.3 is 0 Å². The lowest BCUT2D eigenvalue weighted by molar-refractivity contribution is -0.384. The number of benzene rings is 1. The number of non-ortho nitro benzene ring substituents is 1. The van der Waals surface area contributed by atoms with Gasteiger partial charge in [-0.05, 0) is 6.07 Å². The molecule has 1 amide bonds. The number of carbonyl (C=O) groups excluding carboxylic acids is 1. The molecule has 0 radical (unpaired) electrons. The molecule has 0 atom stereocenters. The maximum Gasteiger partial charge on any atom is 0.271 e. The van der Waals surface area contributed by atoms with Crippen molar-refractivity contribution in [2.75, 3.05) is 0 Å². The van der Waals surface area contributed by atoms with Crippen LogP contribution >= 0.6 is 0 Å². The van der Waals surface area contributed by atoms with Crippen molar-refractivity contribution in [3.63, 3.8) is 0 Å². The lowest BCUT2D eigenvalue weighted by atomic mass is 10.1. The van der Waals surface area contributed by atoms with Crippen LogP contribution in [0.1, 0.15) is 15.9 Å². The number of nitrogens with two attached hydrogens (primary N) is 1. The minimum Gasteiger partial charge on any atom is -0.366 e. The first kappa shape index (κ1) is 11.2. The Morgan fingerprint density at radius 2 is 2.12 bits per heavy atom. The summed E-state index contributed by atoms with van der Waals surface area (Å²) in [5.74, 6) is 3.65. The quantitative estimate of drug-likeness (QED) is 0.441. The molecule has 0 aliphatic rings. The third-order valence-corrected chi connectivity index (χ3v) is 1.68. The number of carbonyl (C=O) groups is 1. The van der Waals surface area contributed by atoms with Crippen LogP contribution in [-0.4, -0.2) is 10.8 Å². The van der Waals surface area contributed by atoms with Gasteiger partial charge in [0.1, 0.15) is 0 Å². The number of hydrogen-bond acceptors (Lipinski definition) is 4. The van der Waals surface area contributed by atoms with Crippen LogP contribution in [0, 0.1) is 33.3 Å². The Balaban J connectivity index is 3.36. The molecule has 6 heteroatoms. The minimum atomic E-state index is -0.788. The molecule has 0 saturated carbocycles. The normalized spacial score (nSPS) is 8.44. The van der Waals surface area contributed by atoms with Crippen molar-refractivity contribution in [1.29, 1.82) is 5.26 Å². The summed E-state index contributed by atoms with van der Waals surface area (Å²) in [6, 6.07) is 5.08. The Hall–Kier alpha value is -2.86. The number of nitriles is 1. The van der Waals surface area contributed by atoms with Crippen molar-refractivity contribution in [2.45, 2.75) is 0 Å². The van der Waals surface area contributed by atoms with Gasteiger partial charge in [0.2, 0.25) is 5.91 Å². The fraction of sp³-hybridized carbons (Fsp3) is 0. The van der Waals surface area contributed by atoms with Crippen molar-refractivity contribution in [2.24, 2.45) is 5.73 Å². The molecule has 1 rings (SSSR count). The van der Waals surface area contributed by atoms with E-state index in [4.69, 9.17) is 11.0 Å². The van der Waals surface area contributed by atoms with Crippen LogP contribution in [0.25, 0.3) is 0 Å². The summed E-state index contributed by atoms with van der Waals surface area (Å²) < 4.78 is 0. The lowest BCUT2D eigenvalue weighted by Crippen LogP contribution is -2.11. The van der Waals surface area contributed by atoms with Crippen LogP contribution < -0.4 is 5.73 Å². The van der Waals surface area contributed by atoms with Crippen LogP contribution in [0.2, 0.25) is 0 Å². The highest BCUT2D eigenvalue weighted by Crippen LogP contribution is 2.16. The van der Waals surface area contributed by atoms with E-state index in [2.05, 4.69) is 11.8 Å². The summed E-state index contributed by atoms with van der Waals surface area (Å²) in [5, 5.41) is 18.8. The first-order valence-electron chi connectivity index (χ1n) is 4.04. The summed E-state index contributed by atoms with van der Waals surface area (Å²) in [5.41, 5.74) is 4.89. The molecule has 0 spiro atoms. The Kier molecular flexibility index (Phi) is 3.21. The van der Waals surface area contributed by atoms with Gasteiger partial charge in [0, 0.05) is 29.2 Å². The molecule has 0 aliphatic heterocycles. The monoisotopic (exact) mass is 215 g/mol. The summed E-state index contributed by atoms with van der Waals surface area (Å²) in [4.78, 5) is 20.8. The number of nitro groups is 1. The fourth-order valence-corrected chi connectivity index (χ4v) is 1.03. The standard InChI is InChI=1S/C10H5N3O3/c11-3-1-2-7-4-8(10(12)14)6-9(5-7)13(15)16/h4-6H,(H2,12,14). The highest BCUT2D eigenvalue weighted by molar-refractivity contribution is 5.93. The summed E-state index contributed by atoms with van der Waals surface area (Å²) in [6.07, 6.45) is 0. The molecule has 0 fully saturated rings. The van der Waals surface area contributed by atoms with Gasteiger partial charge in [-0.1, -0.05) is 5.92 Å². The van der Waals surface area contributed by atoms with Gasteiger partial charge in [-0.2, -0.15) is 5.26 Å². The number of nitrogens with zero attached hydrogens (tertiary/aromatic N) is 2. The highest BCUT2D eigenvalue weighted by Gasteiger charge is 2.11. The second kappa shape index (κ2) is 4.58. The Morgan fingerprint density at radius 3 is 2.62 bits per heavy atom. The van der Waals surface area contributed by atoms with E-state index in [1.54, 1.807) is 6.07 Å². The average molecular weight is 215 g/mol. The van der Waals surface area contributed by atoms with Crippen molar-refractivity contribution in [3.05, 3.63) is 39.4 Å². The topological polar surface area (TPSA) is 110 Å². The lowest BCUT2D eigenvalue weighted by Gasteiger charge is -1.97. The molecule has 0 aliphatic carbocycles. The predicted octanol–water partition coefficient (Wildman–Crippen LogP) is 0.569. The van der Waals surface area contributed by atoms with Crippen LogP contribution in [-0.2, 0) is 0 Å². The minimum absolute atomic E-state index is 0.0172. The molecule has 16 heavy (non-hydrogen) atoms. The highest BCUT2D eigenvalue weighted by atomic mass is 16.6. The van der Waals surface area contributed by atoms with Crippen molar-refractivity contribution < 1.29 is 9.72 Å². The van der Waals surface area contributed by atoms with Gasteiger partial charge in [-0.3, -0.25) is 14.9 Å². The molecule has 0 bridgehead atoms. The van der Waals surface area contributed by atoms with Gasteiger partial charge in [0.05, 0.1) is 4.92 Å². The molecular weight excluding hydrogens is 210 g/mol. The van der Waals surface area contributed by atoms with E-state index in [0.717, 1.165) is 12.1 Å². The summed E-state index contributed by atoms with van der Waals surface area (Å²) in [7, 11) is 0. The van der Waals surface area contributed by atoms with Gasteiger partial charge in [-0.15, -0.1) is 0 Å². The summed E-state index contributed by atoms with van der Waals surface area (Å²) in [6.45, 7) is 0. The Morgan fingerprint density at radius 1 is 1.44 bits per heavy atom. The van der Waals surface area contributed by atoms with Crippen LogP contribution in [0.5, 0.6) is 0 Å². The van der Waals surface area contributed by atoms with E-state index in [1.807, 2.05) is 0 Å². The third-order valence-electron chi connectivity index (χ3n) is 1.68. The number of nitro benzene ring substituents is 1. The maximum atomic E-state index is 10.9. The zero-order valence-corrected chi connectivity index (χ0v) is 7.93. The van der Waals surface area contributed by atoms with Gasteiger partial charge in [0.25, 0.3) is 5.69 Å². The van der Waals surface area contributed by atoms with E-state index in [9.17, 15) is 14.9 Å². The van der Waals surface area contributed by atoms with Crippen LogP contribution in [0.3, 0.4) is 0 Å². The number of primary amides is 1. The molecule has 6 nitrogen and oxygen atoms in total. The maximum absolute atomic E-state index is 10.9. The number of rotatable bonds is 2. The fourth-order valence-electron chi connectivity index (χ4n) is 1.03. The van der Waals surface area contributed by atoms with Gasteiger partial charge < -0.3 is 5.73 Å². The van der Waals surface area contributed by atoms with Gasteiger partial charge in [0.15, 0.2) is 6.07 Å². The van der Waals surface area contributed by atoms with Crippen molar-refractivity contribution in [3.8, 4) is 17.9 Å². The smallest absolute Gasteiger partial charge is 0.271 e. The Labute approximate surface area is 90.4 Å². The molecule has 0 unspecified atom stereocenters. The van der Waals surface area contributed by atoms with Crippen molar-refractivity contribution >= 4 is 11.6 Å². The second-order valence-electron chi connectivity index (χ2n) is 2.75. The van der Waals surface area contributed by atoms with E-state index in [1.165, 1.54) is 6.07 Å². The molecule has 78 valence electrons. The largest absolute Gasteiger partial charge is 0.366 e. The SMILES string of the molecule is N#CC#Cc1cc(C(N)=O)cc([N+](=O)[O-])c1. The first-order chi connectivity index (χ1) is 7.54. The van der Waals surface area contributed by atoms with Crippen LogP contribution in [0.4, 0.5) is 5.69 Å². The molecule has 0 aromatic heterocycles. The van der Waals surface area contributed by atoms with E-state index >= 15 is 0 Å². The first-order valence-corrected chi connectivity index (χ1v) is 4.04. The van der Waals surface area contributed by atoms with E-state index in [-0.39, 0.29) is 16.8 Å². The summed E-state index contributed by atoms with van der Waals surface area (Å²) >= 11 is 0. The number of amides is 1. The Bertz CT molecular complexity index is 529. The van der Waals surface area contributed by atoms with Crippen molar-refractivity contribution in [1.82, 2.24) is 0 Å². The predicted molar refractivity (Wildman–Crippen MR) is 54.1 cm³/mol. The molecular formula is C10H5N3O3. The van der Waals surface area contributed by atoms with Gasteiger partial charge in [-0.25, -0.2) is 0 Å². The molecule has 1 aromatic rings. The zero-order chi connectivity index (χ0) is 12.1. The molecule has 2 N–H and O–H groups in total. The van der Waals surface area contributed by atoms with Crippen LogP contribution in [0.15, 0.2) is 18.2 Å².